The van der Waals surface area contributed by atoms with E-state index in [1.54, 1.807) is 0 Å². The third-order valence-corrected chi connectivity index (χ3v) is 0.998. The van der Waals surface area contributed by atoms with E-state index in [9.17, 15) is 0 Å². The van der Waals surface area contributed by atoms with Gasteiger partial charge < -0.3 is 0 Å². The van der Waals surface area contributed by atoms with E-state index < -0.39 is 0 Å². The fraction of sp³-hybridized carbons (Fsp3) is 1.00. The molecule has 2 atom stereocenters. The second-order valence-corrected chi connectivity index (χ2v) is 3.16. The lowest BCUT2D eigenvalue weighted by Crippen LogP contribution is -1.94. The zero-order valence-corrected chi connectivity index (χ0v) is 6.33. The van der Waals surface area contributed by atoms with Crippen LogP contribution < -0.4 is 0 Å². The van der Waals surface area contributed by atoms with Gasteiger partial charge in [-0.15, -0.1) is 0 Å². The third-order valence-electron chi connectivity index (χ3n) is 0.482. The van der Waals surface area contributed by atoms with Crippen LogP contribution in [-0.2, 0) is 0 Å². The molecule has 0 aliphatic heterocycles. The highest BCUT2D eigenvalue weighted by atomic mass is 31.1. The summed E-state index contributed by atoms with van der Waals surface area (Å²) in [6.45, 7) is 3.29. The molecule has 0 aliphatic rings. The summed E-state index contributed by atoms with van der Waals surface area (Å²) in [6, 6.07) is 0. The van der Waals surface area contributed by atoms with E-state index in [0.717, 1.165) is 6.54 Å². The Morgan fingerprint density at radius 3 is 2.00 bits per heavy atom. The molecule has 0 saturated heterocycles. The Balaban J connectivity index is 2.63. The Morgan fingerprint density at radius 2 is 2.00 bits per heavy atom. The molecule has 0 N–H and O–H groups in total. The van der Waals surface area contributed by atoms with Crippen LogP contribution in [0.5, 0.6) is 0 Å². The van der Waals surface area contributed by atoms with Crippen LogP contribution in [0.15, 0.2) is 0 Å². The Labute approximate surface area is 44.0 Å². The molecule has 0 bridgehead atoms. The van der Waals surface area contributed by atoms with Crippen molar-refractivity contribution in [3.05, 3.63) is 0 Å². The summed E-state index contributed by atoms with van der Waals surface area (Å²) in [5.41, 5.74) is 0. The van der Waals surface area contributed by atoms with Gasteiger partial charge in [-0.25, -0.2) is 0 Å². The van der Waals surface area contributed by atoms with Crippen molar-refractivity contribution in [1.82, 2.24) is 4.44 Å². The van der Waals surface area contributed by atoms with E-state index in [1.165, 1.54) is 6.42 Å². The van der Waals surface area contributed by atoms with Crippen molar-refractivity contribution in [3.8, 4) is 0 Å². The highest BCUT2D eigenvalue weighted by molar-refractivity contribution is 7.30. The summed E-state index contributed by atoms with van der Waals surface area (Å²) in [5, 5.41) is 0. The zero-order chi connectivity index (χ0) is 4.99. The van der Waals surface area contributed by atoms with Gasteiger partial charge in [0, 0.05) is 6.54 Å². The Hall–Kier alpha value is 0.820. The van der Waals surface area contributed by atoms with Gasteiger partial charge in [0.1, 0.15) is 0 Å². The minimum absolute atomic E-state index is 1.13. The van der Waals surface area contributed by atoms with Crippen molar-refractivity contribution in [2.75, 3.05) is 6.54 Å². The second-order valence-electron chi connectivity index (χ2n) is 1.24. The van der Waals surface area contributed by atoms with E-state index in [-0.39, 0.29) is 0 Å². The van der Waals surface area contributed by atoms with E-state index >= 15 is 0 Å². The Bertz CT molecular complexity index is 30.0. The topological polar surface area (TPSA) is 3.24 Å². The normalized spacial score (nSPS) is 10.0. The molecule has 0 saturated carbocycles. The molecule has 0 aromatic rings. The van der Waals surface area contributed by atoms with Gasteiger partial charge in [0.05, 0.1) is 0 Å². The van der Waals surface area contributed by atoms with E-state index in [0.29, 0.717) is 0 Å². The third kappa shape index (κ3) is 4.82. The van der Waals surface area contributed by atoms with Gasteiger partial charge >= 0.3 is 0 Å². The van der Waals surface area contributed by atoms with Crippen LogP contribution in [0.25, 0.3) is 0 Å². The Kier molecular flexibility index (Phi) is 4.54. The van der Waals surface area contributed by atoms with Gasteiger partial charge in [-0.05, 0) is 6.42 Å². The lowest BCUT2D eigenvalue weighted by molar-refractivity contribution is 0.709. The van der Waals surface area contributed by atoms with Crippen LogP contribution in [0.2, 0.25) is 0 Å². The SMILES string of the molecule is CCCN(P)P. The van der Waals surface area contributed by atoms with Crippen molar-refractivity contribution < 1.29 is 0 Å². The first-order chi connectivity index (χ1) is 2.77. The minimum Gasteiger partial charge on any atom is -0.272 e. The fourth-order valence-electron chi connectivity index (χ4n) is 0.258. The predicted octanol–water partition coefficient (Wildman–Crippen LogP) is 1.28. The maximum absolute atomic E-state index is 2.57. The molecule has 0 amide bonds. The van der Waals surface area contributed by atoms with Gasteiger partial charge in [0.15, 0.2) is 0 Å². The zero-order valence-electron chi connectivity index (χ0n) is 4.02. The smallest absolute Gasteiger partial charge is 0.00481 e. The average molecular weight is 123 g/mol. The maximum atomic E-state index is 2.57. The summed E-state index contributed by atoms with van der Waals surface area (Å²) in [6.07, 6.45) is 1.22. The number of nitrogens with zero attached hydrogens (tertiary/aromatic N) is 1. The molecule has 2 unspecified atom stereocenters. The lowest BCUT2D eigenvalue weighted by Gasteiger charge is -2.03. The Morgan fingerprint density at radius 1 is 1.50 bits per heavy atom. The van der Waals surface area contributed by atoms with E-state index in [2.05, 4.69) is 25.7 Å². The van der Waals surface area contributed by atoms with Gasteiger partial charge in [0.2, 0.25) is 0 Å². The first-order valence-corrected chi connectivity index (χ1v) is 3.07. The standard InChI is InChI=1S/C3H11NP2/c1-2-3-4(5)6/h2-3,5-6H2,1H3. The van der Waals surface area contributed by atoms with Gasteiger partial charge in [-0.3, -0.25) is 4.44 Å². The van der Waals surface area contributed by atoms with Crippen molar-refractivity contribution in [2.24, 2.45) is 0 Å². The molecule has 6 heavy (non-hydrogen) atoms. The molecule has 0 fully saturated rings. The van der Waals surface area contributed by atoms with Crippen LogP contribution in [-0.4, -0.2) is 11.0 Å². The molecule has 0 heterocycles. The van der Waals surface area contributed by atoms with Crippen LogP contribution >= 0.6 is 18.8 Å². The average Bonchev–Trinajstić information content (AvgIpc) is 1.35. The van der Waals surface area contributed by atoms with Crippen LogP contribution in [0.4, 0.5) is 0 Å². The first kappa shape index (κ1) is 6.82. The molecule has 1 nitrogen and oxygen atoms in total. The van der Waals surface area contributed by atoms with Crippen molar-refractivity contribution >= 4 is 18.8 Å². The minimum atomic E-state index is 1.13. The molecule has 0 aliphatic carbocycles. The molecule has 0 spiro atoms. The summed E-state index contributed by atoms with van der Waals surface area (Å²) < 4.78 is 2.01. The fourth-order valence-corrected chi connectivity index (χ4v) is 0.775. The summed E-state index contributed by atoms with van der Waals surface area (Å²) in [4.78, 5) is 0. The highest BCUT2D eigenvalue weighted by Gasteiger charge is 1.79. The first-order valence-electron chi connectivity index (χ1n) is 2.04. The van der Waals surface area contributed by atoms with Crippen molar-refractivity contribution in [2.45, 2.75) is 13.3 Å². The van der Waals surface area contributed by atoms with Crippen LogP contribution in [0.3, 0.4) is 0 Å². The van der Waals surface area contributed by atoms with Gasteiger partial charge in [-0.1, -0.05) is 25.7 Å². The largest absolute Gasteiger partial charge is 0.272 e. The van der Waals surface area contributed by atoms with Gasteiger partial charge in [-0.2, -0.15) is 0 Å². The van der Waals surface area contributed by atoms with E-state index in [4.69, 9.17) is 0 Å². The second kappa shape index (κ2) is 3.99. The van der Waals surface area contributed by atoms with Crippen LogP contribution in [0, 0.1) is 0 Å². The molecular formula is C3H11NP2. The molecule has 0 aromatic heterocycles. The van der Waals surface area contributed by atoms with Crippen molar-refractivity contribution in [3.63, 3.8) is 0 Å². The lowest BCUT2D eigenvalue weighted by atomic mass is 10.5. The summed E-state index contributed by atoms with van der Waals surface area (Å²) in [7, 11) is 5.15. The molecule has 38 valence electrons. The molecular weight excluding hydrogens is 112 g/mol. The van der Waals surface area contributed by atoms with Crippen LogP contribution in [0.1, 0.15) is 13.3 Å². The number of hydrogen-bond acceptors (Lipinski definition) is 1. The molecule has 0 rings (SSSR count). The highest BCUT2D eigenvalue weighted by Crippen LogP contribution is 2.04. The van der Waals surface area contributed by atoms with E-state index in [1.807, 2.05) is 4.44 Å². The van der Waals surface area contributed by atoms with Gasteiger partial charge in [0.25, 0.3) is 0 Å². The maximum Gasteiger partial charge on any atom is 0.00481 e. The van der Waals surface area contributed by atoms with Crippen molar-refractivity contribution in [1.29, 1.82) is 0 Å². The molecule has 0 aromatic carbocycles. The summed E-state index contributed by atoms with van der Waals surface area (Å²) >= 11 is 0. The number of hydrogen-bond donors (Lipinski definition) is 0. The molecule has 0 radical (unpaired) electrons. The summed E-state index contributed by atoms with van der Waals surface area (Å²) in [5.74, 6) is 0. The number of rotatable bonds is 2. The monoisotopic (exact) mass is 123 g/mol. The molecule has 3 heteroatoms. The quantitative estimate of drug-likeness (QED) is 0.500. The predicted molar refractivity (Wildman–Crippen MR) is 36.4 cm³/mol.